The second-order valence-corrected chi connectivity index (χ2v) is 7.50. The number of hydrogen-bond acceptors (Lipinski definition) is 4. The van der Waals surface area contributed by atoms with Gasteiger partial charge in [0.15, 0.2) is 5.69 Å². The number of halogens is 1. The summed E-state index contributed by atoms with van der Waals surface area (Å²) in [6.07, 6.45) is -0.307. The predicted molar refractivity (Wildman–Crippen MR) is 94.0 cm³/mol. The van der Waals surface area contributed by atoms with Crippen LogP contribution in [0.25, 0.3) is 0 Å². The van der Waals surface area contributed by atoms with Crippen LogP contribution >= 0.6 is 15.9 Å². The first-order valence-corrected chi connectivity index (χ1v) is 9.05. The van der Waals surface area contributed by atoms with E-state index in [9.17, 15) is 9.59 Å². The third-order valence-electron chi connectivity index (χ3n) is 3.88. The first-order valence-electron chi connectivity index (χ1n) is 8.26. The first kappa shape index (κ1) is 18.8. The van der Waals surface area contributed by atoms with Crippen LogP contribution in [0.5, 0.6) is 0 Å². The molecule has 0 unspecified atom stereocenters. The molecule has 1 aliphatic heterocycles. The molecule has 8 heteroatoms. The molecule has 7 nitrogen and oxygen atoms in total. The van der Waals surface area contributed by atoms with E-state index < -0.39 is 0 Å². The van der Waals surface area contributed by atoms with E-state index in [1.165, 1.54) is 0 Å². The van der Waals surface area contributed by atoms with Gasteiger partial charge < -0.3 is 14.5 Å². The van der Waals surface area contributed by atoms with Crippen molar-refractivity contribution >= 4 is 27.9 Å². The van der Waals surface area contributed by atoms with Crippen molar-refractivity contribution < 1.29 is 14.3 Å². The number of carbonyl (C=O) groups is 2. The number of piperazine rings is 1. The summed E-state index contributed by atoms with van der Waals surface area (Å²) in [6, 6.07) is 0. The number of nitrogens with one attached hydrogen (secondary N) is 1. The molecular formula is C16H25BrN4O3. The largest absolute Gasteiger partial charge is 0.449 e. The third-order valence-corrected chi connectivity index (χ3v) is 4.68. The van der Waals surface area contributed by atoms with Crippen molar-refractivity contribution in [2.75, 3.05) is 32.8 Å². The van der Waals surface area contributed by atoms with E-state index in [0.717, 1.165) is 10.2 Å². The van der Waals surface area contributed by atoms with Crippen LogP contribution < -0.4 is 0 Å². The van der Waals surface area contributed by atoms with Crippen molar-refractivity contribution in [3.63, 3.8) is 0 Å². The minimum atomic E-state index is -0.307. The maximum Gasteiger partial charge on any atom is 0.409 e. The molecule has 1 saturated heterocycles. The second-order valence-electron chi connectivity index (χ2n) is 6.70. The zero-order valence-corrected chi connectivity index (χ0v) is 16.2. The maximum absolute atomic E-state index is 12.6. The Morgan fingerprint density at radius 2 is 1.75 bits per heavy atom. The molecule has 0 spiro atoms. The van der Waals surface area contributed by atoms with E-state index in [1.54, 1.807) is 9.80 Å². The van der Waals surface area contributed by atoms with Crippen molar-refractivity contribution in [3.8, 4) is 0 Å². The van der Waals surface area contributed by atoms with Gasteiger partial charge in [-0.1, -0.05) is 27.7 Å². The summed E-state index contributed by atoms with van der Waals surface area (Å²) in [5, 5.41) is 7.07. The minimum absolute atomic E-state index is 0.125. The fourth-order valence-electron chi connectivity index (χ4n) is 2.44. The maximum atomic E-state index is 12.6. The van der Waals surface area contributed by atoms with Crippen molar-refractivity contribution in [1.82, 2.24) is 20.0 Å². The molecule has 1 aromatic heterocycles. The summed E-state index contributed by atoms with van der Waals surface area (Å²) < 4.78 is 5.95. The Balaban J connectivity index is 1.92. The molecule has 1 N–H and O–H groups in total. The topological polar surface area (TPSA) is 78.5 Å². The van der Waals surface area contributed by atoms with Crippen LogP contribution in [0.4, 0.5) is 4.79 Å². The molecule has 134 valence electrons. The molecule has 24 heavy (non-hydrogen) atoms. The number of aromatic nitrogens is 2. The van der Waals surface area contributed by atoms with Crippen LogP contribution in [0.3, 0.4) is 0 Å². The summed E-state index contributed by atoms with van der Waals surface area (Å²) >= 11 is 3.46. The Morgan fingerprint density at radius 3 is 2.25 bits per heavy atom. The molecule has 0 atom stereocenters. The van der Waals surface area contributed by atoms with E-state index in [4.69, 9.17) is 4.74 Å². The van der Waals surface area contributed by atoms with Gasteiger partial charge in [-0.25, -0.2) is 4.79 Å². The number of nitrogens with zero attached hydrogens (tertiary/aromatic N) is 3. The molecule has 1 aliphatic rings. The van der Waals surface area contributed by atoms with Gasteiger partial charge in [0, 0.05) is 26.2 Å². The van der Waals surface area contributed by atoms with E-state index in [1.807, 2.05) is 27.7 Å². The number of aromatic amines is 1. The molecule has 2 amide bonds. The fourth-order valence-corrected chi connectivity index (χ4v) is 3.24. The smallest absolute Gasteiger partial charge is 0.409 e. The molecule has 0 saturated carbocycles. The Kier molecular flexibility index (Phi) is 6.26. The highest BCUT2D eigenvalue weighted by Crippen LogP contribution is 2.26. The average Bonchev–Trinajstić information content (AvgIpc) is 2.93. The molecule has 0 radical (unpaired) electrons. The van der Waals surface area contributed by atoms with E-state index >= 15 is 0 Å². The molecule has 1 aromatic rings. The Bertz CT molecular complexity index is 592. The lowest BCUT2D eigenvalue weighted by Crippen LogP contribution is -2.51. The van der Waals surface area contributed by atoms with Gasteiger partial charge >= 0.3 is 6.09 Å². The fraction of sp³-hybridized carbons (Fsp3) is 0.688. The van der Waals surface area contributed by atoms with Gasteiger partial charge in [0.1, 0.15) is 0 Å². The molecule has 0 bridgehead atoms. The lowest BCUT2D eigenvalue weighted by atomic mass is 10.1. The van der Waals surface area contributed by atoms with Crippen molar-refractivity contribution in [2.24, 2.45) is 5.92 Å². The zero-order chi connectivity index (χ0) is 17.9. The first-order chi connectivity index (χ1) is 11.3. The van der Waals surface area contributed by atoms with Crippen molar-refractivity contribution in [3.05, 3.63) is 15.9 Å². The summed E-state index contributed by atoms with van der Waals surface area (Å²) in [5.41, 5.74) is 1.31. The molecule has 2 rings (SSSR count). The number of rotatable bonds is 4. The van der Waals surface area contributed by atoms with Crippen LogP contribution in [0.2, 0.25) is 0 Å². The van der Waals surface area contributed by atoms with Crippen molar-refractivity contribution in [1.29, 1.82) is 0 Å². The van der Waals surface area contributed by atoms with Gasteiger partial charge in [-0.15, -0.1) is 0 Å². The predicted octanol–water partition coefficient (Wildman–Crippen LogP) is 2.85. The normalized spacial score (nSPS) is 15.3. The summed E-state index contributed by atoms with van der Waals surface area (Å²) in [7, 11) is 0. The van der Waals surface area contributed by atoms with Gasteiger partial charge in [-0.05, 0) is 27.8 Å². The van der Waals surface area contributed by atoms with Crippen LogP contribution in [-0.4, -0.2) is 64.8 Å². The van der Waals surface area contributed by atoms with Gasteiger partial charge in [0.2, 0.25) is 0 Å². The van der Waals surface area contributed by atoms with Gasteiger partial charge in [0.25, 0.3) is 5.91 Å². The second kappa shape index (κ2) is 8.00. The number of ether oxygens (including phenoxy) is 1. The highest BCUT2D eigenvalue weighted by atomic mass is 79.9. The summed E-state index contributed by atoms with van der Waals surface area (Å²) in [4.78, 5) is 27.9. The molecule has 2 heterocycles. The molecule has 0 aromatic carbocycles. The highest BCUT2D eigenvalue weighted by molar-refractivity contribution is 9.10. The monoisotopic (exact) mass is 400 g/mol. The van der Waals surface area contributed by atoms with Crippen molar-refractivity contribution in [2.45, 2.75) is 33.6 Å². The van der Waals surface area contributed by atoms with E-state index in [2.05, 4.69) is 26.1 Å². The molecule has 1 fully saturated rings. The molecule has 0 aliphatic carbocycles. The minimum Gasteiger partial charge on any atom is -0.449 e. The average molecular weight is 401 g/mol. The van der Waals surface area contributed by atoms with Crippen LogP contribution in [0.1, 0.15) is 49.8 Å². The third kappa shape index (κ3) is 4.28. The quantitative estimate of drug-likeness (QED) is 0.842. The lowest BCUT2D eigenvalue weighted by Gasteiger charge is -2.33. The van der Waals surface area contributed by atoms with Gasteiger partial charge in [-0.2, -0.15) is 5.10 Å². The number of carbonyl (C=O) groups excluding carboxylic acids is 2. The number of hydrogen-bond donors (Lipinski definition) is 1. The zero-order valence-electron chi connectivity index (χ0n) is 14.6. The highest BCUT2D eigenvalue weighted by Gasteiger charge is 2.29. The Hall–Kier alpha value is -1.57. The number of amides is 2. The van der Waals surface area contributed by atoms with Crippen LogP contribution in [0.15, 0.2) is 4.47 Å². The SMILES string of the molecule is CC(C)COC(=O)N1CCN(C(=O)c2n[nH]c(C(C)C)c2Br)CC1. The summed E-state index contributed by atoms with van der Waals surface area (Å²) in [6.45, 7) is 10.4. The Morgan fingerprint density at radius 1 is 1.17 bits per heavy atom. The van der Waals surface area contributed by atoms with E-state index in [0.29, 0.717) is 44.4 Å². The van der Waals surface area contributed by atoms with Gasteiger partial charge in [-0.3, -0.25) is 9.89 Å². The van der Waals surface area contributed by atoms with Crippen LogP contribution in [0, 0.1) is 5.92 Å². The Labute approximate surface area is 150 Å². The van der Waals surface area contributed by atoms with Gasteiger partial charge in [0.05, 0.1) is 16.8 Å². The van der Waals surface area contributed by atoms with E-state index in [-0.39, 0.29) is 17.9 Å². The summed E-state index contributed by atoms with van der Waals surface area (Å²) in [5.74, 6) is 0.435. The molecular weight excluding hydrogens is 376 g/mol. The van der Waals surface area contributed by atoms with Crippen LogP contribution in [-0.2, 0) is 4.74 Å². The lowest BCUT2D eigenvalue weighted by molar-refractivity contribution is 0.0531. The number of H-pyrrole nitrogens is 1. The standard InChI is InChI=1S/C16H25BrN4O3/c1-10(2)9-24-16(23)21-7-5-20(6-8-21)15(22)14-12(17)13(11(3)4)18-19-14/h10-11H,5-9H2,1-4H3,(H,18,19).